The number of carboxylic acid groups (broad SMARTS) is 1. The number of carbonyl (C=O) groups is 2. The van der Waals surface area contributed by atoms with Gasteiger partial charge in [0.15, 0.2) is 6.61 Å². The number of amides is 2. The van der Waals surface area contributed by atoms with Crippen LogP contribution < -0.4 is 10.1 Å². The summed E-state index contributed by atoms with van der Waals surface area (Å²) in [5.41, 5.74) is 0.716. The number of nitrogens with one attached hydrogen (secondary N) is 1. The van der Waals surface area contributed by atoms with Crippen LogP contribution in [0.15, 0.2) is 24.3 Å². The van der Waals surface area contributed by atoms with E-state index in [9.17, 15) is 22.8 Å². The van der Waals surface area contributed by atoms with Gasteiger partial charge in [-0.05, 0) is 30.5 Å². The van der Waals surface area contributed by atoms with Crippen molar-refractivity contribution in [1.29, 1.82) is 0 Å². The van der Waals surface area contributed by atoms with Gasteiger partial charge in [0.2, 0.25) is 0 Å². The number of likely N-dealkylation sites (tertiary alicyclic amines) is 1. The Morgan fingerprint density at radius 2 is 1.80 bits per heavy atom. The molecule has 2 N–H and O–H groups in total. The molecule has 0 radical (unpaired) electrons. The van der Waals surface area contributed by atoms with Crippen molar-refractivity contribution in [2.75, 3.05) is 19.7 Å². The third kappa shape index (κ3) is 6.17. The van der Waals surface area contributed by atoms with Crippen LogP contribution in [-0.4, -0.2) is 47.9 Å². The second-order valence-electron chi connectivity index (χ2n) is 5.81. The van der Waals surface area contributed by atoms with Crippen molar-refractivity contribution in [3.05, 3.63) is 29.8 Å². The average Bonchev–Trinajstić information content (AvgIpc) is 2.58. The summed E-state index contributed by atoms with van der Waals surface area (Å²) in [6.45, 7) is -0.368. The molecular formula is C16H19F3N2O4. The van der Waals surface area contributed by atoms with E-state index in [1.54, 1.807) is 17.0 Å². The summed E-state index contributed by atoms with van der Waals surface area (Å²) in [4.78, 5) is 24.5. The lowest BCUT2D eigenvalue weighted by molar-refractivity contribution is -0.153. The fraction of sp³-hybridized carbons (Fsp3) is 0.500. The minimum atomic E-state index is -4.39. The first-order chi connectivity index (χ1) is 11.7. The van der Waals surface area contributed by atoms with Gasteiger partial charge in [-0.2, -0.15) is 13.2 Å². The van der Waals surface area contributed by atoms with Gasteiger partial charge < -0.3 is 20.1 Å². The molecule has 2 rings (SSSR count). The van der Waals surface area contributed by atoms with Gasteiger partial charge in [0.1, 0.15) is 5.75 Å². The summed E-state index contributed by atoms with van der Waals surface area (Å²) in [5, 5.41) is 11.6. The molecule has 0 unspecified atom stereocenters. The van der Waals surface area contributed by atoms with Crippen LogP contribution >= 0.6 is 0 Å². The predicted octanol–water partition coefficient (Wildman–Crippen LogP) is 2.63. The van der Waals surface area contributed by atoms with Crippen molar-refractivity contribution >= 4 is 12.0 Å². The summed E-state index contributed by atoms with van der Waals surface area (Å²) in [5.74, 6) is -1.15. The highest BCUT2D eigenvalue weighted by Crippen LogP contribution is 2.19. The zero-order valence-electron chi connectivity index (χ0n) is 13.4. The molecular weight excluding hydrogens is 341 g/mol. The maximum Gasteiger partial charge on any atom is 0.422 e. The molecule has 2 amide bonds. The molecule has 1 saturated heterocycles. The van der Waals surface area contributed by atoms with E-state index in [4.69, 9.17) is 5.11 Å². The predicted molar refractivity (Wildman–Crippen MR) is 82.2 cm³/mol. The molecule has 0 atom stereocenters. The molecule has 1 aromatic rings. The molecule has 0 bridgehead atoms. The van der Waals surface area contributed by atoms with E-state index < -0.39 is 24.7 Å². The fourth-order valence-electron chi connectivity index (χ4n) is 2.49. The van der Waals surface area contributed by atoms with Crippen molar-refractivity contribution in [2.24, 2.45) is 5.92 Å². The highest BCUT2D eigenvalue weighted by molar-refractivity contribution is 5.75. The molecule has 1 fully saturated rings. The van der Waals surface area contributed by atoms with Crippen LogP contribution in [0.2, 0.25) is 0 Å². The van der Waals surface area contributed by atoms with Crippen LogP contribution in [0.1, 0.15) is 18.4 Å². The molecule has 1 aliphatic heterocycles. The molecule has 1 heterocycles. The molecule has 1 aliphatic rings. The number of aliphatic carboxylic acids is 1. The van der Waals surface area contributed by atoms with E-state index >= 15 is 0 Å². The Hall–Kier alpha value is -2.45. The lowest BCUT2D eigenvalue weighted by atomic mass is 9.97. The number of ether oxygens (including phenoxy) is 1. The Kier molecular flexibility index (Phi) is 6.11. The summed E-state index contributed by atoms with van der Waals surface area (Å²) >= 11 is 0. The van der Waals surface area contributed by atoms with Gasteiger partial charge in [-0.1, -0.05) is 12.1 Å². The largest absolute Gasteiger partial charge is 0.484 e. The van der Waals surface area contributed by atoms with Crippen LogP contribution in [-0.2, 0) is 11.3 Å². The standard InChI is InChI=1S/C16H19F3N2O4/c17-16(18,19)10-25-13-3-1-11(2-4-13)9-20-15(24)21-7-5-12(6-8-21)14(22)23/h1-4,12H,5-10H2,(H,20,24)(H,22,23). The first-order valence-electron chi connectivity index (χ1n) is 7.78. The average molecular weight is 360 g/mol. The van der Waals surface area contributed by atoms with E-state index in [0.717, 1.165) is 0 Å². The first kappa shape index (κ1) is 18.9. The Morgan fingerprint density at radius 3 is 2.32 bits per heavy atom. The van der Waals surface area contributed by atoms with Gasteiger partial charge in [0.25, 0.3) is 0 Å². The number of urea groups is 1. The number of hydrogen-bond donors (Lipinski definition) is 2. The molecule has 0 aromatic heterocycles. The zero-order valence-corrected chi connectivity index (χ0v) is 13.4. The highest BCUT2D eigenvalue weighted by Gasteiger charge is 2.28. The van der Waals surface area contributed by atoms with E-state index in [1.807, 2.05) is 0 Å². The Labute approximate surface area is 142 Å². The number of halogens is 3. The minimum absolute atomic E-state index is 0.100. The van der Waals surface area contributed by atoms with Crippen molar-refractivity contribution in [1.82, 2.24) is 10.2 Å². The van der Waals surface area contributed by atoms with Crippen molar-refractivity contribution in [3.63, 3.8) is 0 Å². The van der Waals surface area contributed by atoms with Crippen molar-refractivity contribution in [2.45, 2.75) is 25.6 Å². The maximum atomic E-state index is 12.1. The fourth-order valence-corrected chi connectivity index (χ4v) is 2.49. The van der Waals surface area contributed by atoms with Crippen LogP contribution in [0, 0.1) is 5.92 Å². The lowest BCUT2D eigenvalue weighted by Gasteiger charge is -2.30. The Bertz CT molecular complexity index is 596. The van der Waals surface area contributed by atoms with Crippen LogP contribution in [0.5, 0.6) is 5.75 Å². The number of alkyl halides is 3. The normalized spacial score (nSPS) is 15.7. The minimum Gasteiger partial charge on any atom is -0.484 e. The van der Waals surface area contributed by atoms with Crippen molar-refractivity contribution < 1.29 is 32.6 Å². The molecule has 0 aliphatic carbocycles. The summed E-state index contributed by atoms with van der Waals surface area (Å²) < 4.78 is 40.8. The topological polar surface area (TPSA) is 78.9 Å². The Balaban J connectivity index is 1.75. The molecule has 1 aromatic carbocycles. The van der Waals surface area contributed by atoms with E-state index in [1.165, 1.54) is 12.1 Å². The van der Waals surface area contributed by atoms with Gasteiger partial charge in [0, 0.05) is 19.6 Å². The zero-order chi connectivity index (χ0) is 18.4. The van der Waals surface area contributed by atoms with Crippen molar-refractivity contribution in [3.8, 4) is 5.75 Å². The lowest BCUT2D eigenvalue weighted by Crippen LogP contribution is -2.45. The molecule has 25 heavy (non-hydrogen) atoms. The number of benzene rings is 1. The molecule has 0 saturated carbocycles. The first-order valence-corrected chi connectivity index (χ1v) is 7.78. The van der Waals surface area contributed by atoms with Gasteiger partial charge >= 0.3 is 18.2 Å². The second kappa shape index (κ2) is 8.09. The van der Waals surface area contributed by atoms with Gasteiger partial charge in [-0.3, -0.25) is 4.79 Å². The van der Waals surface area contributed by atoms with Gasteiger partial charge in [0.05, 0.1) is 5.92 Å². The summed E-state index contributed by atoms with van der Waals surface area (Å²) in [7, 11) is 0. The number of nitrogens with zero attached hydrogens (tertiary/aromatic N) is 1. The van der Waals surface area contributed by atoms with Crippen LogP contribution in [0.4, 0.5) is 18.0 Å². The van der Waals surface area contributed by atoms with E-state index in [0.29, 0.717) is 31.5 Å². The highest BCUT2D eigenvalue weighted by atomic mass is 19.4. The van der Waals surface area contributed by atoms with E-state index in [-0.39, 0.29) is 18.3 Å². The molecule has 9 heteroatoms. The molecule has 0 spiro atoms. The molecule has 138 valence electrons. The summed E-state index contributed by atoms with van der Waals surface area (Å²) in [6.07, 6.45) is -3.54. The number of carboxylic acids is 1. The smallest absolute Gasteiger partial charge is 0.422 e. The van der Waals surface area contributed by atoms with E-state index in [2.05, 4.69) is 10.1 Å². The number of hydrogen-bond acceptors (Lipinski definition) is 3. The monoisotopic (exact) mass is 360 g/mol. The third-order valence-electron chi connectivity index (χ3n) is 3.90. The number of piperidine rings is 1. The van der Waals surface area contributed by atoms with Gasteiger partial charge in [-0.15, -0.1) is 0 Å². The quantitative estimate of drug-likeness (QED) is 0.846. The number of rotatable bonds is 5. The molecule has 6 nitrogen and oxygen atoms in total. The second-order valence-corrected chi connectivity index (χ2v) is 5.81. The van der Waals surface area contributed by atoms with Gasteiger partial charge in [-0.25, -0.2) is 4.79 Å². The number of carbonyl (C=O) groups excluding carboxylic acids is 1. The SMILES string of the molecule is O=C(O)C1CCN(C(=O)NCc2ccc(OCC(F)(F)F)cc2)CC1. The summed E-state index contributed by atoms with van der Waals surface area (Å²) in [6, 6.07) is 5.67. The maximum absolute atomic E-state index is 12.1. The Morgan fingerprint density at radius 1 is 1.20 bits per heavy atom. The third-order valence-corrected chi connectivity index (χ3v) is 3.90. The van der Waals surface area contributed by atoms with Crippen LogP contribution in [0.25, 0.3) is 0 Å². The van der Waals surface area contributed by atoms with Crippen LogP contribution in [0.3, 0.4) is 0 Å².